The molecule has 1 aromatic carbocycles. The van der Waals surface area contributed by atoms with Crippen LogP contribution in [-0.4, -0.2) is 49.1 Å². The van der Waals surface area contributed by atoms with Gasteiger partial charge >= 0.3 is 0 Å². The highest BCUT2D eigenvalue weighted by molar-refractivity contribution is 7.91. The van der Waals surface area contributed by atoms with Crippen LogP contribution in [0.3, 0.4) is 0 Å². The van der Waals surface area contributed by atoms with Crippen LogP contribution in [0.5, 0.6) is 0 Å². The molecule has 4 rings (SSSR count). The summed E-state index contributed by atoms with van der Waals surface area (Å²) < 4.78 is 29.6. The number of nitrogens with zero attached hydrogens (tertiary/aromatic N) is 1. The third-order valence-electron chi connectivity index (χ3n) is 5.27. The van der Waals surface area contributed by atoms with Gasteiger partial charge in [0.25, 0.3) is 5.91 Å². The first kappa shape index (κ1) is 17.4. The molecule has 1 N–H and O–H groups in total. The van der Waals surface area contributed by atoms with Crippen molar-refractivity contribution in [1.29, 1.82) is 0 Å². The number of aryl methyl sites for hydroxylation is 1. The van der Waals surface area contributed by atoms with E-state index < -0.39 is 15.4 Å². The van der Waals surface area contributed by atoms with Crippen molar-refractivity contribution in [2.45, 2.75) is 37.8 Å². The Labute approximate surface area is 152 Å². The predicted octanol–water partition coefficient (Wildman–Crippen LogP) is 2.01. The Morgan fingerprint density at radius 2 is 2.15 bits per heavy atom. The molecule has 2 saturated heterocycles. The van der Waals surface area contributed by atoms with Crippen molar-refractivity contribution in [3.05, 3.63) is 41.6 Å². The number of sulfone groups is 1. The van der Waals surface area contributed by atoms with Crippen LogP contribution in [-0.2, 0) is 14.6 Å². The van der Waals surface area contributed by atoms with E-state index in [0.717, 1.165) is 16.6 Å². The van der Waals surface area contributed by atoms with Gasteiger partial charge in [-0.2, -0.15) is 0 Å². The molecule has 0 bridgehead atoms. The number of aromatic nitrogens is 1. The van der Waals surface area contributed by atoms with Gasteiger partial charge in [-0.15, -0.1) is 0 Å². The van der Waals surface area contributed by atoms with Gasteiger partial charge in [0.2, 0.25) is 0 Å². The van der Waals surface area contributed by atoms with Crippen molar-refractivity contribution in [3.63, 3.8) is 0 Å². The standard InChI is InChI=1S/C19H22N2O4S/c1-13-10-16(15-4-2-3-5-17(15)20-13)18(22)21-14-6-8-25-19(11-14)7-9-26(23,24)12-19/h2-5,10,14H,6-9,11-12H2,1H3,(H,21,22)/t14-,19-/m0/s1. The smallest absolute Gasteiger partial charge is 0.252 e. The Morgan fingerprint density at radius 3 is 2.92 bits per heavy atom. The number of para-hydroxylation sites is 1. The molecule has 0 unspecified atom stereocenters. The number of nitrogens with one attached hydrogen (secondary N) is 1. The Kier molecular flexibility index (Phi) is 4.23. The van der Waals surface area contributed by atoms with E-state index in [0.29, 0.717) is 31.4 Å². The zero-order chi connectivity index (χ0) is 18.4. The second-order valence-electron chi connectivity index (χ2n) is 7.37. The number of amides is 1. The number of hydrogen-bond donors (Lipinski definition) is 1. The Bertz CT molecular complexity index is 973. The topological polar surface area (TPSA) is 85.4 Å². The van der Waals surface area contributed by atoms with Gasteiger partial charge in [-0.1, -0.05) is 18.2 Å². The summed E-state index contributed by atoms with van der Waals surface area (Å²) in [6.45, 7) is 2.34. The summed E-state index contributed by atoms with van der Waals surface area (Å²) in [5.74, 6) is 0.0838. The minimum absolute atomic E-state index is 0.0592. The lowest BCUT2D eigenvalue weighted by atomic mass is 9.89. The van der Waals surface area contributed by atoms with Gasteiger partial charge in [-0.25, -0.2) is 8.42 Å². The fourth-order valence-corrected chi connectivity index (χ4v) is 6.05. The van der Waals surface area contributed by atoms with Crippen molar-refractivity contribution in [2.24, 2.45) is 0 Å². The van der Waals surface area contributed by atoms with E-state index in [1.165, 1.54) is 0 Å². The fraction of sp³-hybridized carbons (Fsp3) is 0.474. The maximum atomic E-state index is 12.9. The van der Waals surface area contributed by atoms with Gasteiger partial charge < -0.3 is 10.1 Å². The molecule has 3 heterocycles. The summed E-state index contributed by atoms with van der Waals surface area (Å²) in [4.78, 5) is 17.4. The maximum absolute atomic E-state index is 12.9. The van der Waals surface area contributed by atoms with Crippen molar-refractivity contribution < 1.29 is 17.9 Å². The van der Waals surface area contributed by atoms with E-state index in [1.54, 1.807) is 6.07 Å². The molecule has 1 spiro atoms. The quantitative estimate of drug-likeness (QED) is 0.869. The van der Waals surface area contributed by atoms with E-state index in [1.807, 2.05) is 31.2 Å². The Balaban J connectivity index is 1.55. The molecule has 2 aromatic rings. The maximum Gasteiger partial charge on any atom is 0.252 e. The Hall–Kier alpha value is -1.99. The molecule has 2 atom stereocenters. The van der Waals surface area contributed by atoms with Crippen LogP contribution in [0.15, 0.2) is 30.3 Å². The molecule has 0 saturated carbocycles. The lowest BCUT2D eigenvalue weighted by molar-refractivity contribution is -0.0690. The number of carbonyl (C=O) groups is 1. The number of benzene rings is 1. The number of carbonyl (C=O) groups excluding carboxylic acids is 1. The predicted molar refractivity (Wildman–Crippen MR) is 98.9 cm³/mol. The third-order valence-corrected chi connectivity index (χ3v) is 7.06. The van der Waals surface area contributed by atoms with Crippen molar-refractivity contribution in [3.8, 4) is 0 Å². The Morgan fingerprint density at radius 1 is 1.35 bits per heavy atom. The molecule has 2 aliphatic rings. The van der Waals surface area contributed by atoms with Crippen LogP contribution in [0, 0.1) is 6.92 Å². The number of fused-ring (bicyclic) bond motifs is 1. The highest BCUT2D eigenvalue weighted by Crippen LogP contribution is 2.35. The van der Waals surface area contributed by atoms with Crippen LogP contribution in [0.4, 0.5) is 0 Å². The lowest BCUT2D eigenvalue weighted by Crippen LogP contribution is -2.49. The molecule has 6 nitrogen and oxygen atoms in total. The molecule has 26 heavy (non-hydrogen) atoms. The molecule has 138 valence electrons. The zero-order valence-electron chi connectivity index (χ0n) is 14.7. The molecule has 2 aliphatic heterocycles. The van der Waals surface area contributed by atoms with Crippen molar-refractivity contribution >= 4 is 26.6 Å². The van der Waals surface area contributed by atoms with Gasteiger partial charge in [0.1, 0.15) is 0 Å². The van der Waals surface area contributed by atoms with E-state index in [4.69, 9.17) is 4.74 Å². The monoisotopic (exact) mass is 374 g/mol. The van der Waals surface area contributed by atoms with Gasteiger partial charge in [0.05, 0.1) is 28.2 Å². The van der Waals surface area contributed by atoms with Crippen LogP contribution in [0.2, 0.25) is 0 Å². The normalized spacial score (nSPS) is 27.7. The van der Waals surface area contributed by atoms with Gasteiger partial charge in [0, 0.05) is 23.7 Å². The second kappa shape index (κ2) is 6.32. The van der Waals surface area contributed by atoms with Crippen LogP contribution in [0.1, 0.15) is 35.3 Å². The van der Waals surface area contributed by atoms with Gasteiger partial charge in [0.15, 0.2) is 9.84 Å². The highest BCUT2D eigenvalue weighted by Gasteiger charge is 2.46. The summed E-state index contributed by atoms with van der Waals surface area (Å²) in [7, 11) is -3.04. The van der Waals surface area contributed by atoms with E-state index in [-0.39, 0.29) is 23.5 Å². The third kappa shape index (κ3) is 3.33. The first-order valence-electron chi connectivity index (χ1n) is 8.88. The summed E-state index contributed by atoms with van der Waals surface area (Å²) in [6, 6.07) is 9.30. The first-order valence-corrected chi connectivity index (χ1v) is 10.7. The van der Waals surface area contributed by atoms with Gasteiger partial charge in [-0.3, -0.25) is 9.78 Å². The van der Waals surface area contributed by atoms with Crippen molar-refractivity contribution in [1.82, 2.24) is 10.3 Å². The largest absolute Gasteiger partial charge is 0.374 e. The molecule has 1 aromatic heterocycles. The van der Waals surface area contributed by atoms with E-state index >= 15 is 0 Å². The van der Waals surface area contributed by atoms with Gasteiger partial charge in [-0.05, 0) is 38.3 Å². The second-order valence-corrected chi connectivity index (χ2v) is 9.55. The molecule has 2 fully saturated rings. The number of pyridine rings is 1. The molecule has 0 aliphatic carbocycles. The minimum atomic E-state index is -3.04. The lowest BCUT2D eigenvalue weighted by Gasteiger charge is -2.37. The van der Waals surface area contributed by atoms with Crippen molar-refractivity contribution in [2.75, 3.05) is 18.1 Å². The highest BCUT2D eigenvalue weighted by atomic mass is 32.2. The zero-order valence-corrected chi connectivity index (χ0v) is 15.5. The summed E-state index contributed by atoms with van der Waals surface area (Å²) in [6.07, 6.45) is 1.74. The molecule has 7 heteroatoms. The average Bonchev–Trinajstić information content (AvgIpc) is 2.88. The summed E-state index contributed by atoms with van der Waals surface area (Å²) >= 11 is 0. The number of ether oxygens (including phenoxy) is 1. The fourth-order valence-electron chi connectivity index (χ4n) is 4.07. The minimum Gasteiger partial charge on any atom is -0.374 e. The summed E-state index contributed by atoms with van der Waals surface area (Å²) in [5.41, 5.74) is 1.56. The van der Waals surface area contributed by atoms with Crippen LogP contribution < -0.4 is 5.32 Å². The molecule has 1 amide bonds. The SMILES string of the molecule is Cc1cc(C(=O)N[C@H]2CCO[C@@]3(CCS(=O)(=O)C3)C2)c2ccccc2n1. The van der Waals surface area contributed by atoms with Crippen LogP contribution in [0.25, 0.3) is 10.9 Å². The average molecular weight is 374 g/mol. The number of rotatable bonds is 2. The molecular formula is C19H22N2O4S. The summed E-state index contributed by atoms with van der Waals surface area (Å²) in [5, 5.41) is 3.91. The van der Waals surface area contributed by atoms with E-state index in [2.05, 4.69) is 10.3 Å². The molecular weight excluding hydrogens is 352 g/mol. The first-order chi connectivity index (χ1) is 12.4. The van der Waals surface area contributed by atoms with Crippen LogP contribution >= 0.6 is 0 Å². The number of hydrogen-bond acceptors (Lipinski definition) is 5. The van der Waals surface area contributed by atoms with E-state index in [9.17, 15) is 13.2 Å². The molecule has 0 radical (unpaired) electrons.